The third kappa shape index (κ3) is 1.62. The lowest BCUT2D eigenvalue weighted by Gasteiger charge is -2.05. The second kappa shape index (κ2) is 3.30. The van der Waals surface area contributed by atoms with Crippen LogP contribution in [0.1, 0.15) is 5.56 Å². The topological polar surface area (TPSA) is 44.5 Å². The van der Waals surface area contributed by atoms with Crippen molar-refractivity contribution in [3.05, 3.63) is 34.5 Å². The van der Waals surface area contributed by atoms with Gasteiger partial charge >= 0.3 is 0 Å². The average molecular weight is 242 g/mol. The first-order valence-electron chi connectivity index (χ1n) is 3.77. The number of benzene rings is 1. The summed E-state index contributed by atoms with van der Waals surface area (Å²) in [7, 11) is 0. The van der Waals surface area contributed by atoms with E-state index >= 15 is 0 Å². The van der Waals surface area contributed by atoms with Gasteiger partial charge in [0.25, 0.3) is 0 Å². The van der Waals surface area contributed by atoms with Crippen molar-refractivity contribution in [3.8, 4) is 0 Å². The molecular weight excluding hydrogens is 234 g/mol. The van der Waals surface area contributed by atoms with Gasteiger partial charge in [-0.15, -0.1) is 0 Å². The fourth-order valence-electron chi connectivity index (χ4n) is 1.12. The third-order valence-electron chi connectivity index (χ3n) is 1.75. The van der Waals surface area contributed by atoms with Gasteiger partial charge in [0.15, 0.2) is 5.76 Å². The second-order valence-electron chi connectivity index (χ2n) is 2.64. The molecule has 1 heterocycles. The lowest BCUT2D eigenvalue weighted by molar-refractivity contribution is 0.101. The monoisotopic (exact) mass is 241 g/mol. The molecular formula is C9H8BrNO2. The van der Waals surface area contributed by atoms with Crippen LogP contribution in [0, 0.1) is 0 Å². The number of halogens is 1. The molecule has 0 radical (unpaired) electrons. The average Bonchev–Trinajstić information content (AvgIpc) is 2.61. The fraction of sp³-hybridized carbons (Fsp3) is 0.111. The number of hydrogen-bond acceptors (Lipinski definition) is 3. The van der Waals surface area contributed by atoms with Crippen molar-refractivity contribution < 1.29 is 9.47 Å². The van der Waals surface area contributed by atoms with Gasteiger partial charge < -0.3 is 15.2 Å². The van der Waals surface area contributed by atoms with Gasteiger partial charge in [0.1, 0.15) is 6.26 Å². The van der Waals surface area contributed by atoms with Crippen LogP contribution in [0.2, 0.25) is 0 Å². The lowest BCUT2D eigenvalue weighted by atomic mass is 10.1. The van der Waals surface area contributed by atoms with Crippen molar-refractivity contribution in [1.29, 1.82) is 0 Å². The van der Waals surface area contributed by atoms with Crippen LogP contribution in [0.3, 0.4) is 0 Å². The number of ether oxygens (including phenoxy) is 2. The Morgan fingerprint density at radius 3 is 2.92 bits per heavy atom. The van der Waals surface area contributed by atoms with Gasteiger partial charge in [-0.25, -0.2) is 0 Å². The zero-order valence-corrected chi connectivity index (χ0v) is 8.37. The first kappa shape index (κ1) is 8.44. The molecule has 4 heteroatoms. The van der Waals surface area contributed by atoms with Crippen molar-refractivity contribution in [2.45, 2.75) is 0 Å². The Hall–Kier alpha value is -1.16. The van der Waals surface area contributed by atoms with E-state index in [9.17, 15) is 0 Å². The number of anilines is 1. The first-order valence-corrected chi connectivity index (χ1v) is 4.56. The summed E-state index contributed by atoms with van der Waals surface area (Å²) in [6.45, 7) is 0.265. The molecule has 13 heavy (non-hydrogen) atoms. The van der Waals surface area contributed by atoms with Gasteiger partial charge in [0, 0.05) is 15.7 Å². The molecule has 2 rings (SSSR count). The van der Waals surface area contributed by atoms with Crippen LogP contribution in [-0.4, -0.2) is 6.79 Å². The van der Waals surface area contributed by atoms with Crippen LogP contribution in [0.5, 0.6) is 0 Å². The lowest BCUT2D eigenvalue weighted by Crippen LogP contribution is -1.94. The van der Waals surface area contributed by atoms with E-state index in [1.165, 1.54) is 0 Å². The summed E-state index contributed by atoms with van der Waals surface area (Å²) in [4.78, 5) is 0. The van der Waals surface area contributed by atoms with Crippen LogP contribution in [0.25, 0.3) is 5.76 Å². The summed E-state index contributed by atoms with van der Waals surface area (Å²) in [5.74, 6) is 0.679. The summed E-state index contributed by atoms with van der Waals surface area (Å²) >= 11 is 3.36. The molecule has 0 spiro atoms. The maximum absolute atomic E-state index is 5.77. The minimum atomic E-state index is 0.265. The van der Waals surface area contributed by atoms with Crippen LogP contribution < -0.4 is 5.73 Å². The van der Waals surface area contributed by atoms with E-state index < -0.39 is 0 Å². The van der Waals surface area contributed by atoms with Gasteiger partial charge in [-0.2, -0.15) is 0 Å². The summed E-state index contributed by atoms with van der Waals surface area (Å²) in [5, 5.41) is 0. The maximum Gasteiger partial charge on any atom is 0.230 e. The molecule has 0 aliphatic carbocycles. The van der Waals surface area contributed by atoms with Crippen LogP contribution in [-0.2, 0) is 9.47 Å². The molecule has 1 aliphatic rings. The van der Waals surface area contributed by atoms with Gasteiger partial charge in [-0.1, -0.05) is 15.9 Å². The highest BCUT2D eigenvalue weighted by atomic mass is 79.9. The molecule has 0 aromatic heterocycles. The predicted octanol–water partition coefficient (Wildman–Crippen LogP) is 2.33. The normalized spacial score (nSPS) is 14.7. The van der Waals surface area contributed by atoms with Crippen molar-refractivity contribution >= 4 is 27.4 Å². The van der Waals surface area contributed by atoms with E-state index in [1.807, 2.05) is 18.2 Å². The molecule has 0 saturated carbocycles. The summed E-state index contributed by atoms with van der Waals surface area (Å²) in [6.07, 6.45) is 1.57. The molecule has 1 aromatic rings. The summed E-state index contributed by atoms with van der Waals surface area (Å²) in [5.41, 5.74) is 7.31. The van der Waals surface area contributed by atoms with Crippen molar-refractivity contribution in [1.82, 2.24) is 0 Å². The number of nitrogen functional groups attached to an aromatic ring is 1. The smallest absolute Gasteiger partial charge is 0.230 e. The Kier molecular flexibility index (Phi) is 2.14. The van der Waals surface area contributed by atoms with Crippen molar-refractivity contribution in [2.24, 2.45) is 0 Å². The summed E-state index contributed by atoms with van der Waals surface area (Å²) in [6, 6.07) is 5.60. The Morgan fingerprint density at radius 1 is 1.38 bits per heavy atom. The van der Waals surface area contributed by atoms with Crippen molar-refractivity contribution in [3.63, 3.8) is 0 Å². The zero-order chi connectivity index (χ0) is 9.26. The third-order valence-corrected chi connectivity index (χ3v) is 2.25. The number of nitrogens with two attached hydrogens (primary N) is 1. The number of rotatable bonds is 1. The van der Waals surface area contributed by atoms with Gasteiger partial charge in [0.05, 0.1) is 0 Å². The molecule has 3 nitrogen and oxygen atoms in total. The SMILES string of the molecule is Nc1ccc(Br)cc1C1=COCO1. The molecule has 0 unspecified atom stereocenters. The van der Waals surface area contributed by atoms with E-state index in [2.05, 4.69) is 15.9 Å². The quantitative estimate of drug-likeness (QED) is 0.768. The highest BCUT2D eigenvalue weighted by molar-refractivity contribution is 9.10. The van der Waals surface area contributed by atoms with Crippen LogP contribution >= 0.6 is 15.9 Å². The molecule has 0 atom stereocenters. The molecule has 68 valence electrons. The van der Waals surface area contributed by atoms with Gasteiger partial charge in [-0.05, 0) is 18.2 Å². The fourth-order valence-corrected chi connectivity index (χ4v) is 1.49. The van der Waals surface area contributed by atoms with E-state index in [4.69, 9.17) is 15.2 Å². The van der Waals surface area contributed by atoms with Crippen LogP contribution in [0.4, 0.5) is 5.69 Å². The molecule has 0 fully saturated rings. The second-order valence-corrected chi connectivity index (χ2v) is 3.56. The highest BCUT2D eigenvalue weighted by Crippen LogP contribution is 2.28. The van der Waals surface area contributed by atoms with E-state index in [0.29, 0.717) is 11.4 Å². The minimum absolute atomic E-state index is 0.265. The van der Waals surface area contributed by atoms with Gasteiger partial charge in [0.2, 0.25) is 6.79 Å². The Balaban J connectivity index is 2.43. The number of hydrogen-bond donors (Lipinski definition) is 1. The molecule has 2 N–H and O–H groups in total. The van der Waals surface area contributed by atoms with Crippen LogP contribution in [0.15, 0.2) is 28.9 Å². The Labute approximate surface area is 84.3 Å². The van der Waals surface area contributed by atoms with Crippen molar-refractivity contribution in [2.75, 3.05) is 12.5 Å². The Morgan fingerprint density at radius 2 is 2.23 bits per heavy atom. The summed E-state index contributed by atoms with van der Waals surface area (Å²) < 4.78 is 11.1. The zero-order valence-electron chi connectivity index (χ0n) is 6.79. The molecule has 0 saturated heterocycles. The molecule has 0 amide bonds. The molecule has 1 aliphatic heterocycles. The van der Waals surface area contributed by atoms with Gasteiger partial charge in [-0.3, -0.25) is 0 Å². The molecule has 1 aromatic carbocycles. The van der Waals surface area contributed by atoms with E-state index in [0.717, 1.165) is 10.0 Å². The predicted molar refractivity (Wildman–Crippen MR) is 53.6 cm³/mol. The largest absolute Gasteiger partial charge is 0.461 e. The standard InChI is InChI=1S/C9H8BrNO2/c10-6-1-2-8(11)7(3-6)9-4-12-5-13-9/h1-4H,5,11H2. The maximum atomic E-state index is 5.77. The minimum Gasteiger partial charge on any atom is -0.461 e. The van der Waals surface area contributed by atoms with E-state index in [1.54, 1.807) is 6.26 Å². The molecule has 0 bridgehead atoms. The van der Waals surface area contributed by atoms with E-state index in [-0.39, 0.29) is 6.79 Å². The Bertz CT molecular complexity index is 363. The first-order chi connectivity index (χ1) is 6.27. The highest BCUT2D eigenvalue weighted by Gasteiger charge is 2.12.